The van der Waals surface area contributed by atoms with Crippen LogP contribution < -0.4 is 10.1 Å². The van der Waals surface area contributed by atoms with Crippen LogP contribution in [0.1, 0.15) is 27.0 Å². The van der Waals surface area contributed by atoms with E-state index in [9.17, 15) is 44.3 Å². The quantitative estimate of drug-likeness (QED) is 0.0962. The second-order valence-electron chi connectivity index (χ2n) is 10.7. The molecular formula is C26H32B2FN3O10. The molecule has 1 saturated heterocycles. The molecule has 2 amide bonds. The number of amides is 2. The first-order valence-electron chi connectivity index (χ1n) is 13.2. The summed E-state index contributed by atoms with van der Waals surface area (Å²) in [6.07, 6.45) is 0.0159. The SMILES string of the molecule is BC(O)(C=O)C(B)(O)C(C(=O)NC)N1Cc2c(OCc3cc(CN4CCOCC4)ccc3F)c(O)c(O)c(O)c2C1=O. The number of aldehydes is 1. The number of phenols is 3. The lowest BCUT2D eigenvalue weighted by atomic mass is 9.55. The van der Waals surface area contributed by atoms with Gasteiger partial charge in [0, 0.05) is 37.8 Å². The molecule has 0 bridgehead atoms. The van der Waals surface area contributed by atoms with Crippen molar-refractivity contribution < 1.29 is 53.8 Å². The summed E-state index contributed by atoms with van der Waals surface area (Å²) in [5.74, 6) is -6.15. The molecule has 0 aromatic heterocycles. The number of halogens is 1. The van der Waals surface area contributed by atoms with Gasteiger partial charge in [-0.15, -0.1) is 0 Å². The van der Waals surface area contributed by atoms with Crippen molar-refractivity contribution >= 4 is 33.8 Å². The van der Waals surface area contributed by atoms with Crippen LogP contribution >= 0.6 is 0 Å². The number of aromatic hydroxyl groups is 3. The van der Waals surface area contributed by atoms with Gasteiger partial charge in [0.15, 0.2) is 19.3 Å². The molecule has 4 rings (SSSR count). The predicted molar refractivity (Wildman–Crippen MR) is 149 cm³/mol. The highest BCUT2D eigenvalue weighted by atomic mass is 19.1. The Bertz CT molecular complexity index is 1400. The van der Waals surface area contributed by atoms with Crippen LogP contribution in [0.4, 0.5) is 4.39 Å². The third kappa shape index (κ3) is 5.50. The summed E-state index contributed by atoms with van der Waals surface area (Å²) in [5, 5.41) is 55.6. The molecule has 2 aliphatic rings. The lowest BCUT2D eigenvalue weighted by Crippen LogP contribution is -2.71. The monoisotopic (exact) mass is 587 g/mol. The van der Waals surface area contributed by atoms with Gasteiger partial charge in [-0.1, -0.05) is 6.07 Å². The zero-order valence-electron chi connectivity index (χ0n) is 23.4. The highest BCUT2D eigenvalue weighted by Crippen LogP contribution is 2.51. The largest absolute Gasteiger partial charge is 0.504 e. The number of benzene rings is 2. The Hall–Kier alpha value is -3.85. The van der Waals surface area contributed by atoms with Crippen molar-refractivity contribution in [3.63, 3.8) is 0 Å². The fourth-order valence-electron chi connectivity index (χ4n) is 5.11. The molecule has 1 fully saturated rings. The molecule has 2 heterocycles. The number of nitrogens with zero attached hydrogens (tertiary/aromatic N) is 2. The smallest absolute Gasteiger partial charge is 0.259 e. The minimum Gasteiger partial charge on any atom is -0.504 e. The topological polar surface area (TPSA) is 189 Å². The Morgan fingerprint density at radius 2 is 1.86 bits per heavy atom. The lowest BCUT2D eigenvalue weighted by molar-refractivity contribution is -0.146. The number of hydrogen-bond acceptors (Lipinski definition) is 11. The lowest BCUT2D eigenvalue weighted by Gasteiger charge is -2.44. The van der Waals surface area contributed by atoms with E-state index < -0.39 is 76.4 Å². The Kier molecular flexibility index (Phi) is 8.73. The fraction of sp³-hybridized carbons (Fsp3) is 0.423. The number of rotatable bonds is 10. The molecule has 16 heteroatoms. The van der Waals surface area contributed by atoms with Gasteiger partial charge in [0.25, 0.3) is 5.91 Å². The van der Waals surface area contributed by atoms with Gasteiger partial charge in [0.1, 0.15) is 38.1 Å². The van der Waals surface area contributed by atoms with Crippen LogP contribution in [-0.2, 0) is 34.0 Å². The fourth-order valence-corrected chi connectivity index (χ4v) is 5.11. The van der Waals surface area contributed by atoms with E-state index in [0.717, 1.165) is 26.2 Å². The third-order valence-electron chi connectivity index (χ3n) is 7.86. The normalized spacial score (nSPS) is 19.0. The Labute approximate surface area is 242 Å². The number of carbonyl (C=O) groups excluding carboxylic acids is 3. The van der Waals surface area contributed by atoms with E-state index in [4.69, 9.17) is 9.47 Å². The van der Waals surface area contributed by atoms with Gasteiger partial charge in [-0.2, -0.15) is 0 Å². The first-order valence-corrected chi connectivity index (χ1v) is 13.2. The molecule has 3 unspecified atom stereocenters. The number of morpholine rings is 1. The minimum absolute atomic E-state index is 0.0159. The number of fused-ring (bicyclic) bond motifs is 1. The third-order valence-corrected chi connectivity index (χ3v) is 7.86. The summed E-state index contributed by atoms with van der Waals surface area (Å²) >= 11 is 0. The number of nitrogens with one attached hydrogen (secondary N) is 1. The molecule has 6 N–H and O–H groups in total. The van der Waals surface area contributed by atoms with E-state index in [1.807, 2.05) is 0 Å². The predicted octanol–water partition coefficient (Wildman–Crippen LogP) is -2.73. The molecule has 3 atom stereocenters. The van der Waals surface area contributed by atoms with Crippen molar-refractivity contribution in [3.05, 3.63) is 46.3 Å². The van der Waals surface area contributed by atoms with Crippen LogP contribution in [0, 0.1) is 5.82 Å². The van der Waals surface area contributed by atoms with Crippen LogP contribution in [0.3, 0.4) is 0 Å². The van der Waals surface area contributed by atoms with Gasteiger partial charge >= 0.3 is 0 Å². The molecule has 224 valence electrons. The van der Waals surface area contributed by atoms with Gasteiger partial charge in [-0.25, -0.2) is 4.39 Å². The summed E-state index contributed by atoms with van der Waals surface area (Å²) in [7, 11) is 3.14. The summed E-state index contributed by atoms with van der Waals surface area (Å²) in [6.45, 7) is 2.13. The van der Waals surface area contributed by atoms with Gasteiger partial charge in [-0.3, -0.25) is 14.5 Å². The van der Waals surface area contributed by atoms with E-state index in [0.29, 0.717) is 32.8 Å². The summed E-state index contributed by atoms with van der Waals surface area (Å²) < 4.78 is 25.8. The standard InChI is InChI=1S/C26H32B2FN3O10/c1-30-23(37)22(26(28,40)25(27,39)12-33)32-10-15-17(24(32)38)18(34)19(35)20(36)21(15)42-11-14-8-13(2-3-16(14)29)9-31-4-6-41-7-5-31/h2-3,8,12,22,34-36,39-40H,4-7,9-11,27-28H2,1H3,(H,30,37). The maximum absolute atomic E-state index is 14.8. The van der Waals surface area contributed by atoms with Gasteiger partial charge < -0.3 is 50.0 Å². The van der Waals surface area contributed by atoms with Gasteiger partial charge in [-0.05, 0) is 17.7 Å². The Morgan fingerprint density at radius 1 is 1.19 bits per heavy atom. The second-order valence-corrected chi connectivity index (χ2v) is 10.7. The molecule has 42 heavy (non-hydrogen) atoms. The Morgan fingerprint density at radius 3 is 2.48 bits per heavy atom. The minimum atomic E-state index is -2.54. The molecule has 2 aromatic carbocycles. The van der Waals surface area contributed by atoms with Crippen molar-refractivity contribution in [1.82, 2.24) is 15.1 Å². The average molecular weight is 587 g/mol. The van der Waals surface area contributed by atoms with E-state index >= 15 is 0 Å². The number of ether oxygens (including phenoxy) is 2. The zero-order chi connectivity index (χ0) is 31.0. The van der Waals surface area contributed by atoms with Crippen molar-refractivity contribution in [2.24, 2.45) is 0 Å². The number of aliphatic hydroxyl groups is 2. The van der Waals surface area contributed by atoms with E-state index in [1.165, 1.54) is 13.1 Å². The number of hydrogen-bond donors (Lipinski definition) is 6. The highest BCUT2D eigenvalue weighted by molar-refractivity contribution is 6.33. The average Bonchev–Trinajstić information content (AvgIpc) is 3.29. The number of phenolic OH excluding ortho intramolecular Hbond substituents is 3. The molecule has 0 radical (unpaired) electrons. The van der Waals surface area contributed by atoms with Crippen LogP contribution in [0.2, 0.25) is 0 Å². The molecule has 2 aromatic rings. The molecule has 13 nitrogen and oxygen atoms in total. The van der Waals surface area contributed by atoms with Crippen molar-refractivity contribution in [1.29, 1.82) is 0 Å². The molecular weight excluding hydrogens is 555 g/mol. The van der Waals surface area contributed by atoms with Crippen molar-refractivity contribution in [2.75, 3.05) is 33.4 Å². The molecule has 0 saturated carbocycles. The molecule has 2 aliphatic heterocycles. The van der Waals surface area contributed by atoms with Crippen LogP contribution in [0.5, 0.6) is 23.0 Å². The van der Waals surface area contributed by atoms with Crippen LogP contribution in [0.25, 0.3) is 0 Å². The Balaban J connectivity index is 1.68. The maximum Gasteiger partial charge on any atom is 0.259 e. The first kappa shape index (κ1) is 31.1. The van der Waals surface area contributed by atoms with Gasteiger partial charge in [0.2, 0.25) is 17.4 Å². The first-order chi connectivity index (χ1) is 19.7. The van der Waals surface area contributed by atoms with E-state index in [1.54, 1.807) is 12.1 Å². The van der Waals surface area contributed by atoms with E-state index in [2.05, 4.69) is 10.2 Å². The van der Waals surface area contributed by atoms with Crippen LogP contribution in [0.15, 0.2) is 18.2 Å². The summed E-state index contributed by atoms with van der Waals surface area (Å²) in [4.78, 5) is 40.9. The van der Waals surface area contributed by atoms with Crippen LogP contribution in [-0.4, -0.2) is 120 Å². The van der Waals surface area contributed by atoms with Crippen molar-refractivity contribution in [2.45, 2.75) is 36.7 Å². The maximum atomic E-state index is 14.8. The summed E-state index contributed by atoms with van der Waals surface area (Å²) in [5.41, 5.74) is -4.87. The highest BCUT2D eigenvalue weighted by Gasteiger charge is 2.55. The number of likely N-dealkylation sites (N-methyl/N-ethyl adjacent to an activating group) is 1. The molecule has 0 spiro atoms. The van der Waals surface area contributed by atoms with Crippen molar-refractivity contribution in [3.8, 4) is 23.0 Å². The number of carbonyl (C=O) groups is 3. The summed E-state index contributed by atoms with van der Waals surface area (Å²) in [6, 6.07) is 2.60. The van der Waals surface area contributed by atoms with E-state index in [-0.39, 0.29) is 17.4 Å². The van der Waals surface area contributed by atoms with Gasteiger partial charge in [0.05, 0.1) is 30.8 Å². The zero-order valence-corrected chi connectivity index (χ0v) is 23.4. The second kappa shape index (κ2) is 11.8. The molecule has 0 aliphatic carbocycles.